The van der Waals surface area contributed by atoms with Crippen molar-refractivity contribution in [3.8, 4) is 0 Å². The zero-order valence-corrected chi connectivity index (χ0v) is 9.25. The van der Waals surface area contributed by atoms with Crippen molar-refractivity contribution >= 4 is 0 Å². The van der Waals surface area contributed by atoms with Crippen LogP contribution >= 0.6 is 0 Å². The third-order valence-corrected chi connectivity index (χ3v) is 1.78. The smallest absolute Gasteiger partial charge is 0.0129 e. The van der Waals surface area contributed by atoms with Crippen LogP contribution in [0.15, 0.2) is 47.3 Å². The predicted octanol–water partition coefficient (Wildman–Crippen LogP) is 2.60. The Balaban J connectivity index is 5.00. The highest BCUT2D eigenvalue weighted by Crippen LogP contribution is 2.14. The molecule has 0 radical (unpaired) electrons. The number of hydrogen-bond donors (Lipinski definition) is 2. The van der Waals surface area contributed by atoms with Gasteiger partial charge >= 0.3 is 0 Å². The molecule has 0 saturated heterocycles. The molecule has 0 atom stereocenters. The summed E-state index contributed by atoms with van der Waals surface area (Å²) in [6.07, 6.45) is 10.5. The Bertz CT molecular complexity index is 277. The maximum atomic E-state index is 5.77. The predicted molar refractivity (Wildman–Crippen MR) is 63.4 cm³/mol. The van der Waals surface area contributed by atoms with Crippen LogP contribution in [0.3, 0.4) is 0 Å². The SMILES string of the molecule is C\C=C/C(C(/C=C\CC)=C\N)=C(\C)N. The van der Waals surface area contributed by atoms with Gasteiger partial charge in [-0.15, -0.1) is 0 Å². The van der Waals surface area contributed by atoms with Gasteiger partial charge in [-0.3, -0.25) is 0 Å². The molecule has 0 aromatic carbocycles. The summed E-state index contributed by atoms with van der Waals surface area (Å²) in [7, 11) is 0. The van der Waals surface area contributed by atoms with Gasteiger partial charge in [0, 0.05) is 17.5 Å². The molecule has 78 valence electrons. The van der Waals surface area contributed by atoms with Crippen LogP contribution in [0.1, 0.15) is 27.2 Å². The first-order valence-corrected chi connectivity index (χ1v) is 4.85. The second kappa shape index (κ2) is 7.01. The van der Waals surface area contributed by atoms with Crippen LogP contribution in [-0.2, 0) is 0 Å². The summed E-state index contributed by atoms with van der Waals surface area (Å²) in [4.78, 5) is 0. The van der Waals surface area contributed by atoms with Crippen molar-refractivity contribution in [2.24, 2.45) is 11.5 Å². The number of allylic oxidation sites excluding steroid dienone is 7. The maximum Gasteiger partial charge on any atom is 0.0129 e. The van der Waals surface area contributed by atoms with E-state index in [1.807, 2.05) is 32.1 Å². The average molecular weight is 192 g/mol. The molecule has 0 unspecified atom stereocenters. The molecular weight excluding hydrogens is 172 g/mol. The highest BCUT2D eigenvalue weighted by atomic mass is 14.6. The summed E-state index contributed by atoms with van der Waals surface area (Å²) in [6.45, 7) is 5.91. The Morgan fingerprint density at radius 2 is 1.93 bits per heavy atom. The molecule has 0 aliphatic heterocycles. The quantitative estimate of drug-likeness (QED) is 0.673. The second-order valence-electron chi connectivity index (χ2n) is 3.03. The molecule has 0 heterocycles. The van der Waals surface area contributed by atoms with E-state index in [0.29, 0.717) is 0 Å². The van der Waals surface area contributed by atoms with E-state index in [9.17, 15) is 0 Å². The van der Waals surface area contributed by atoms with Crippen molar-refractivity contribution in [2.45, 2.75) is 27.2 Å². The zero-order valence-electron chi connectivity index (χ0n) is 9.25. The molecule has 0 rings (SSSR count). The number of rotatable bonds is 4. The molecule has 0 amide bonds. The van der Waals surface area contributed by atoms with E-state index in [1.54, 1.807) is 6.20 Å². The Kier molecular flexibility index (Phi) is 6.29. The average Bonchev–Trinajstić information content (AvgIpc) is 2.17. The fourth-order valence-electron chi connectivity index (χ4n) is 1.10. The van der Waals surface area contributed by atoms with Crippen molar-refractivity contribution in [1.82, 2.24) is 0 Å². The van der Waals surface area contributed by atoms with Crippen molar-refractivity contribution in [3.05, 3.63) is 47.3 Å². The lowest BCUT2D eigenvalue weighted by atomic mass is 10.0. The fourth-order valence-corrected chi connectivity index (χ4v) is 1.10. The minimum absolute atomic E-state index is 0.778. The van der Waals surface area contributed by atoms with E-state index < -0.39 is 0 Å². The summed E-state index contributed by atoms with van der Waals surface area (Å²) in [5.74, 6) is 0. The molecule has 2 heteroatoms. The molecule has 0 spiro atoms. The third kappa shape index (κ3) is 3.99. The Morgan fingerprint density at radius 1 is 1.29 bits per heavy atom. The minimum atomic E-state index is 0.778. The minimum Gasteiger partial charge on any atom is -0.404 e. The van der Waals surface area contributed by atoms with E-state index in [0.717, 1.165) is 23.3 Å². The summed E-state index contributed by atoms with van der Waals surface area (Å²) in [5.41, 5.74) is 14.0. The van der Waals surface area contributed by atoms with E-state index in [2.05, 4.69) is 13.0 Å². The first-order chi connectivity index (χ1) is 6.67. The van der Waals surface area contributed by atoms with Gasteiger partial charge in [-0.25, -0.2) is 0 Å². The Hall–Kier alpha value is -1.44. The molecule has 0 saturated carbocycles. The lowest BCUT2D eigenvalue weighted by Gasteiger charge is -2.05. The largest absolute Gasteiger partial charge is 0.404 e. The molecule has 0 fully saturated rings. The Labute approximate surface area is 86.7 Å². The van der Waals surface area contributed by atoms with Crippen LogP contribution in [0.2, 0.25) is 0 Å². The van der Waals surface area contributed by atoms with E-state index >= 15 is 0 Å². The van der Waals surface area contributed by atoms with Crippen molar-refractivity contribution in [3.63, 3.8) is 0 Å². The van der Waals surface area contributed by atoms with Crippen molar-refractivity contribution < 1.29 is 0 Å². The number of hydrogen-bond acceptors (Lipinski definition) is 2. The molecule has 14 heavy (non-hydrogen) atoms. The number of nitrogens with two attached hydrogens (primary N) is 2. The van der Waals surface area contributed by atoms with Gasteiger partial charge in [0.05, 0.1) is 0 Å². The van der Waals surface area contributed by atoms with E-state index in [-0.39, 0.29) is 0 Å². The molecule has 0 aromatic rings. The van der Waals surface area contributed by atoms with Gasteiger partial charge in [-0.2, -0.15) is 0 Å². The van der Waals surface area contributed by atoms with Gasteiger partial charge in [-0.05, 0) is 25.8 Å². The molecule has 2 nitrogen and oxygen atoms in total. The lowest BCUT2D eigenvalue weighted by molar-refractivity contribution is 1.21. The first kappa shape index (κ1) is 12.6. The monoisotopic (exact) mass is 192 g/mol. The fraction of sp³-hybridized carbons (Fsp3) is 0.333. The van der Waals surface area contributed by atoms with Crippen LogP contribution in [0, 0.1) is 0 Å². The highest BCUT2D eigenvalue weighted by molar-refractivity contribution is 5.47. The van der Waals surface area contributed by atoms with Gasteiger partial charge in [0.2, 0.25) is 0 Å². The highest BCUT2D eigenvalue weighted by Gasteiger charge is 1.99. The third-order valence-electron chi connectivity index (χ3n) is 1.78. The van der Waals surface area contributed by atoms with Crippen molar-refractivity contribution in [1.29, 1.82) is 0 Å². The van der Waals surface area contributed by atoms with Crippen molar-refractivity contribution in [2.75, 3.05) is 0 Å². The second-order valence-corrected chi connectivity index (χ2v) is 3.03. The summed E-state index contributed by atoms with van der Waals surface area (Å²) in [6, 6.07) is 0. The molecule has 0 aliphatic carbocycles. The lowest BCUT2D eigenvalue weighted by Crippen LogP contribution is -2.00. The van der Waals surface area contributed by atoms with Crippen LogP contribution in [0.4, 0.5) is 0 Å². The normalized spacial score (nSPS) is 15.2. The van der Waals surface area contributed by atoms with Gasteiger partial charge in [0.1, 0.15) is 0 Å². The molecular formula is C12H20N2. The van der Waals surface area contributed by atoms with Crippen LogP contribution in [0.25, 0.3) is 0 Å². The van der Waals surface area contributed by atoms with Gasteiger partial charge in [0.25, 0.3) is 0 Å². The maximum absolute atomic E-state index is 5.77. The van der Waals surface area contributed by atoms with Gasteiger partial charge in [-0.1, -0.05) is 31.2 Å². The van der Waals surface area contributed by atoms with E-state index in [1.165, 1.54) is 0 Å². The van der Waals surface area contributed by atoms with Crippen LogP contribution in [0.5, 0.6) is 0 Å². The van der Waals surface area contributed by atoms with Crippen LogP contribution in [-0.4, -0.2) is 0 Å². The van der Waals surface area contributed by atoms with Gasteiger partial charge in [0.15, 0.2) is 0 Å². The summed E-state index contributed by atoms with van der Waals surface area (Å²) >= 11 is 0. The summed E-state index contributed by atoms with van der Waals surface area (Å²) < 4.78 is 0. The topological polar surface area (TPSA) is 52.0 Å². The molecule has 4 N–H and O–H groups in total. The summed E-state index contributed by atoms with van der Waals surface area (Å²) in [5, 5.41) is 0. The Morgan fingerprint density at radius 3 is 2.29 bits per heavy atom. The van der Waals surface area contributed by atoms with Gasteiger partial charge < -0.3 is 11.5 Å². The van der Waals surface area contributed by atoms with Crippen LogP contribution < -0.4 is 11.5 Å². The zero-order chi connectivity index (χ0) is 11.0. The standard InChI is InChI=1S/C12H20N2/c1-4-6-8-11(9-13)12(7-5-2)10(3)14/h5-9H,4,13-14H2,1-3H3/b7-5-,8-6-,11-9-,12-10-. The van der Waals surface area contributed by atoms with E-state index in [4.69, 9.17) is 11.5 Å². The molecule has 0 aliphatic rings. The molecule has 0 aromatic heterocycles. The molecule has 0 bridgehead atoms. The first-order valence-electron chi connectivity index (χ1n) is 4.85.